The first-order valence-corrected chi connectivity index (χ1v) is 5.57. The summed E-state index contributed by atoms with van der Waals surface area (Å²) >= 11 is 3.40. The molecular formula is C12H11BrO2. The molecule has 2 rings (SSSR count). The molecular weight excluding hydrogens is 256 g/mol. The lowest BCUT2D eigenvalue weighted by atomic mass is 10.1. The molecule has 2 nitrogen and oxygen atoms in total. The fourth-order valence-corrected chi connectivity index (χ4v) is 1.87. The zero-order valence-electron chi connectivity index (χ0n) is 8.33. The van der Waals surface area contributed by atoms with E-state index in [4.69, 9.17) is 4.42 Å². The molecule has 15 heavy (non-hydrogen) atoms. The molecule has 0 fully saturated rings. The topological polar surface area (TPSA) is 33.4 Å². The molecule has 2 aromatic rings. The van der Waals surface area contributed by atoms with Crippen LogP contribution in [0.2, 0.25) is 0 Å². The molecule has 0 amide bonds. The van der Waals surface area contributed by atoms with Gasteiger partial charge in [0.05, 0.1) is 5.56 Å². The van der Waals surface area contributed by atoms with E-state index in [9.17, 15) is 5.11 Å². The second-order valence-corrected chi connectivity index (χ2v) is 4.21. The number of benzene rings is 1. The van der Waals surface area contributed by atoms with Crippen molar-refractivity contribution in [3.8, 4) is 17.1 Å². The lowest BCUT2D eigenvalue weighted by molar-refractivity contribution is 0.321. The van der Waals surface area contributed by atoms with Crippen LogP contribution in [-0.2, 0) is 6.42 Å². The predicted octanol–water partition coefficient (Wildman–Crippen LogP) is 3.98. The average molecular weight is 267 g/mol. The lowest BCUT2D eigenvalue weighted by Crippen LogP contribution is -1.74. The van der Waals surface area contributed by atoms with E-state index in [1.165, 1.54) is 0 Å². The molecule has 0 aliphatic heterocycles. The van der Waals surface area contributed by atoms with Crippen LogP contribution in [0.1, 0.15) is 12.7 Å². The molecule has 0 bridgehead atoms. The van der Waals surface area contributed by atoms with Crippen molar-refractivity contribution in [2.24, 2.45) is 0 Å². The van der Waals surface area contributed by atoms with Crippen LogP contribution in [-0.4, -0.2) is 5.11 Å². The summed E-state index contributed by atoms with van der Waals surface area (Å²) in [5.74, 6) is 0.785. The minimum absolute atomic E-state index is 0.00931. The van der Waals surface area contributed by atoms with Gasteiger partial charge in [0.25, 0.3) is 5.95 Å². The van der Waals surface area contributed by atoms with Gasteiger partial charge in [-0.3, -0.25) is 0 Å². The van der Waals surface area contributed by atoms with Crippen molar-refractivity contribution >= 4 is 15.9 Å². The van der Waals surface area contributed by atoms with Crippen LogP contribution >= 0.6 is 15.9 Å². The van der Waals surface area contributed by atoms with Gasteiger partial charge < -0.3 is 9.52 Å². The summed E-state index contributed by atoms with van der Waals surface area (Å²) < 4.78 is 6.18. The van der Waals surface area contributed by atoms with E-state index >= 15 is 0 Å². The average Bonchev–Trinajstić information content (AvgIpc) is 2.60. The van der Waals surface area contributed by atoms with Gasteiger partial charge >= 0.3 is 0 Å². The highest BCUT2D eigenvalue weighted by atomic mass is 79.9. The Balaban J connectivity index is 2.48. The smallest absolute Gasteiger partial charge is 0.290 e. The molecule has 0 saturated carbocycles. The molecule has 0 aliphatic carbocycles. The third-order valence-corrected chi connectivity index (χ3v) is 2.74. The van der Waals surface area contributed by atoms with Gasteiger partial charge in [0.15, 0.2) is 0 Å². The minimum Gasteiger partial charge on any atom is -0.480 e. The Labute approximate surface area is 96.7 Å². The monoisotopic (exact) mass is 266 g/mol. The van der Waals surface area contributed by atoms with E-state index in [2.05, 4.69) is 15.9 Å². The van der Waals surface area contributed by atoms with Gasteiger partial charge in [-0.1, -0.05) is 35.0 Å². The third-order valence-electron chi connectivity index (χ3n) is 2.25. The Morgan fingerprint density at radius 1 is 1.33 bits per heavy atom. The maximum atomic E-state index is 9.62. The molecule has 0 saturated heterocycles. The summed E-state index contributed by atoms with van der Waals surface area (Å²) in [4.78, 5) is 0. The number of halogens is 1. The summed E-state index contributed by atoms with van der Waals surface area (Å²) in [5.41, 5.74) is 1.69. The first kappa shape index (κ1) is 10.3. The van der Waals surface area contributed by atoms with Gasteiger partial charge in [-0.25, -0.2) is 0 Å². The molecule has 0 atom stereocenters. The van der Waals surface area contributed by atoms with Crippen molar-refractivity contribution in [2.75, 3.05) is 0 Å². The number of rotatable bonds is 2. The zero-order chi connectivity index (χ0) is 10.8. The molecule has 0 radical (unpaired) electrons. The third kappa shape index (κ3) is 2.07. The fraction of sp³-hybridized carbons (Fsp3) is 0.167. The van der Waals surface area contributed by atoms with Crippen molar-refractivity contribution in [3.05, 3.63) is 40.6 Å². The molecule has 0 aliphatic rings. The lowest BCUT2D eigenvalue weighted by Gasteiger charge is -1.97. The minimum atomic E-state index is -0.00931. The Hall–Kier alpha value is -1.22. The van der Waals surface area contributed by atoms with Crippen molar-refractivity contribution in [1.29, 1.82) is 0 Å². The predicted molar refractivity (Wildman–Crippen MR) is 62.9 cm³/mol. The molecule has 1 N–H and O–H groups in total. The number of hydrogen-bond acceptors (Lipinski definition) is 2. The Morgan fingerprint density at radius 2 is 2.13 bits per heavy atom. The van der Waals surface area contributed by atoms with Crippen molar-refractivity contribution in [3.63, 3.8) is 0 Å². The molecule has 1 heterocycles. The molecule has 0 spiro atoms. The van der Waals surface area contributed by atoms with Crippen LogP contribution < -0.4 is 0 Å². The Morgan fingerprint density at radius 3 is 2.73 bits per heavy atom. The van der Waals surface area contributed by atoms with Crippen LogP contribution in [0, 0.1) is 0 Å². The molecule has 1 aromatic heterocycles. The van der Waals surface area contributed by atoms with E-state index in [0.29, 0.717) is 0 Å². The Kier molecular flexibility index (Phi) is 2.82. The maximum Gasteiger partial charge on any atom is 0.290 e. The SMILES string of the molecule is CCc1cc(-c2cccc(Br)c2)c(O)o1. The van der Waals surface area contributed by atoms with Crippen molar-refractivity contribution < 1.29 is 9.52 Å². The zero-order valence-corrected chi connectivity index (χ0v) is 9.91. The molecule has 0 unspecified atom stereocenters. The largest absolute Gasteiger partial charge is 0.480 e. The quantitative estimate of drug-likeness (QED) is 0.892. The van der Waals surface area contributed by atoms with E-state index in [0.717, 1.165) is 27.8 Å². The maximum absolute atomic E-state index is 9.62. The van der Waals surface area contributed by atoms with Gasteiger partial charge in [-0.2, -0.15) is 0 Å². The van der Waals surface area contributed by atoms with E-state index in [1.807, 2.05) is 37.3 Å². The summed E-state index contributed by atoms with van der Waals surface area (Å²) in [6.45, 7) is 1.99. The first-order chi connectivity index (χ1) is 7.20. The van der Waals surface area contributed by atoms with Gasteiger partial charge in [0.2, 0.25) is 0 Å². The number of aromatic hydroxyl groups is 1. The highest BCUT2D eigenvalue weighted by molar-refractivity contribution is 9.10. The summed E-state index contributed by atoms with van der Waals surface area (Å²) in [7, 11) is 0. The standard InChI is InChI=1S/C12H11BrO2/c1-2-10-7-11(12(14)15-10)8-4-3-5-9(13)6-8/h3-7,14H,2H2,1H3. The second kappa shape index (κ2) is 4.11. The fourth-order valence-electron chi connectivity index (χ4n) is 1.47. The van der Waals surface area contributed by atoms with Crippen LogP contribution in [0.25, 0.3) is 11.1 Å². The normalized spacial score (nSPS) is 10.5. The first-order valence-electron chi connectivity index (χ1n) is 4.78. The van der Waals surface area contributed by atoms with Gasteiger partial charge in [-0.05, 0) is 23.8 Å². The highest BCUT2D eigenvalue weighted by Crippen LogP contribution is 2.33. The molecule has 78 valence electrons. The van der Waals surface area contributed by atoms with Crippen LogP contribution in [0.3, 0.4) is 0 Å². The Bertz CT molecular complexity index is 474. The van der Waals surface area contributed by atoms with Crippen molar-refractivity contribution in [2.45, 2.75) is 13.3 Å². The summed E-state index contributed by atoms with van der Waals surface area (Å²) in [5, 5.41) is 9.62. The van der Waals surface area contributed by atoms with Crippen LogP contribution in [0.15, 0.2) is 39.2 Å². The van der Waals surface area contributed by atoms with Gasteiger partial charge in [-0.15, -0.1) is 0 Å². The van der Waals surface area contributed by atoms with Crippen LogP contribution in [0.5, 0.6) is 5.95 Å². The second-order valence-electron chi connectivity index (χ2n) is 3.30. The van der Waals surface area contributed by atoms with E-state index in [1.54, 1.807) is 0 Å². The van der Waals surface area contributed by atoms with E-state index < -0.39 is 0 Å². The molecule has 1 aromatic carbocycles. The summed E-state index contributed by atoms with van der Waals surface area (Å²) in [6.07, 6.45) is 0.779. The van der Waals surface area contributed by atoms with Gasteiger partial charge in [0, 0.05) is 10.9 Å². The van der Waals surface area contributed by atoms with Crippen LogP contribution in [0.4, 0.5) is 0 Å². The van der Waals surface area contributed by atoms with Gasteiger partial charge in [0.1, 0.15) is 5.76 Å². The molecule has 3 heteroatoms. The summed E-state index contributed by atoms with van der Waals surface area (Å²) in [6, 6.07) is 9.63. The van der Waals surface area contributed by atoms with Crippen molar-refractivity contribution in [1.82, 2.24) is 0 Å². The number of aryl methyl sites for hydroxylation is 1. The van der Waals surface area contributed by atoms with E-state index in [-0.39, 0.29) is 5.95 Å². The number of furan rings is 1. The number of hydrogen-bond donors (Lipinski definition) is 1. The highest BCUT2D eigenvalue weighted by Gasteiger charge is 2.10.